The van der Waals surface area contributed by atoms with Crippen LogP contribution in [0.4, 0.5) is 0 Å². The molecule has 0 spiro atoms. The summed E-state index contributed by atoms with van der Waals surface area (Å²) in [4.78, 5) is 4.42. The molecule has 0 fully saturated rings. The summed E-state index contributed by atoms with van der Waals surface area (Å²) in [5.41, 5.74) is 2.58. The van der Waals surface area contributed by atoms with Gasteiger partial charge in [-0.05, 0) is 24.5 Å². The summed E-state index contributed by atoms with van der Waals surface area (Å²) in [7, 11) is 0. The van der Waals surface area contributed by atoms with E-state index >= 15 is 0 Å². The minimum absolute atomic E-state index is 0.645. The van der Waals surface area contributed by atoms with Gasteiger partial charge in [0.05, 0.1) is 5.69 Å². The van der Waals surface area contributed by atoms with E-state index in [0.717, 1.165) is 6.42 Å². The van der Waals surface area contributed by atoms with Crippen LogP contribution in [0.15, 0.2) is 24.4 Å². The van der Waals surface area contributed by atoms with Gasteiger partial charge in [0.25, 0.3) is 0 Å². The van der Waals surface area contributed by atoms with Gasteiger partial charge in [0.2, 0.25) is 0 Å². The zero-order chi connectivity index (χ0) is 10.4. The van der Waals surface area contributed by atoms with Crippen LogP contribution in [-0.2, 0) is 0 Å². The second-order valence-electron chi connectivity index (χ2n) is 3.22. The molecule has 2 rings (SSSR count). The van der Waals surface area contributed by atoms with Crippen LogP contribution in [0.1, 0.15) is 50.8 Å². The minimum atomic E-state index is 0.645. The Kier molecular flexibility index (Phi) is 4.37. The fourth-order valence-electron chi connectivity index (χ4n) is 1.74. The summed E-state index contributed by atoms with van der Waals surface area (Å²) in [5, 5.41) is 0. The number of allylic oxidation sites excluding steroid dienone is 1. The van der Waals surface area contributed by atoms with Gasteiger partial charge in [-0.15, -0.1) is 0 Å². The average molecular weight is 189 g/mol. The molecule has 1 aliphatic rings. The van der Waals surface area contributed by atoms with Crippen molar-refractivity contribution in [2.45, 2.75) is 39.5 Å². The minimum Gasteiger partial charge on any atom is -0.260 e. The monoisotopic (exact) mass is 189 g/mol. The molecule has 1 heterocycles. The van der Waals surface area contributed by atoms with Crippen LogP contribution in [0.2, 0.25) is 0 Å². The van der Waals surface area contributed by atoms with Gasteiger partial charge < -0.3 is 0 Å². The van der Waals surface area contributed by atoms with Crippen molar-refractivity contribution in [3.05, 3.63) is 35.7 Å². The molecule has 1 unspecified atom stereocenters. The highest BCUT2D eigenvalue weighted by atomic mass is 14.7. The second kappa shape index (κ2) is 5.58. The Morgan fingerprint density at radius 2 is 2.21 bits per heavy atom. The van der Waals surface area contributed by atoms with Crippen molar-refractivity contribution in [3.8, 4) is 0 Å². The van der Waals surface area contributed by atoms with E-state index in [4.69, 9.17) is 0 Å². The van der Waals surface area contributed by atoms with E-state index in [0.29, 0.717) is 5.92 Å². The Labute approximate surface area is 86.9 Å². The van der Waals surface area contributed by atoms with Crippen molar-refractivity contribution in [3.63, 3.8) is 0 Å². The van der Waals surface area contributed by atoms with E-state index in [2.05, 4.69) is 30.1 Å². The van der Waals surface area contributed by atoms with E-state index in [9.17, 15) is 0 Å². The summed E-state index contributed by atoms with van der Waals surface area (Å²) in [5.74, 6) is 0.645. The first-order valence-corrected chi connectivity index (χ1v) is 5.53. The lowest BCUT2D eigenvalue weighted by molar-refractivity contribution is 0.647. The molecule has 0 radical (unpaired) electrons. The molecule has 1 aliphatic carbocycles. The first kappa shape index (κ1) is 11.0. The largest absolute Gasteiger partial charge is 0.260 e. The summed E-state index contributed by atoms with van der Waals surface area (Å²) in [6.07, 6.45) is 8.65. The van der Waals surface area contributed by atoms with E-state index in [1.54, 1.807) is 0 Å². The maximum atomic E-state index is 4.42. The molecule has 1 aromatic heterocycles. The van der Waals surface area contributed by atoms with Gasteiger partial charge in [-0.3, -0.25) is 4.98 Å². The van der Waals surface area contributed by atoms with Gasteiger partial charge in [0.1, 0.15) is 0 Å². The van der Waals surface area contributed by atoms with Gasteiger partial charge in [-0.2, -0.15) is 0 Å². The highest BCUT2D eigenvalue weighted by Crippen LogP contribution is 2.29. The van der Waals surface area contributed by atoms with Crippen LogP contribution in [0.25, 0.3) is 6.08 Å². The Balaban J connectivity index is 0.000000461. The van der Waals surface area contributed by atoms with Crippen molar-refractivity contribution in [2.24, 2.45) is 0 Å². The lowest BCUT2D eigenvalue weighted by Gasteiger charge is -2.18. The predicted molar refractivity (Wildman–Crippen MR) is 62.3 cm³/mol. The van der Waals surface area contributed by atoms with Gasteiger partial charge >= 0.3 is 0 Å². The van der Waals surface area contributed by atoms with Crippen molar-refractivity contribution in [1.82, 2.24) is 4.98 Å². The molecule has 14 heavy (non-hydrogen) atoms. The SMILES string of the molecule is CC.CCC1CC=Cc2cccnc21. The number of aromatic nitrogens is 1. The lowest BCUT2D eigenvalue weighted by Crippen LogP contribution is -2.04. The highest BCUT2D eigenvalue weighted by molar-refractivity contribution is 5.55. The van der Waals surface area contributed by atoms with E-state index in [1.807, 2.05) is 26.1 Å². The second-order valence-corrected chi connectivity index (χ2v) is 3.22. The zero-order valence-electron chi connectivity index (χ0n) is 9.33. The van der Waals surface area contributed by atoms with Crippen molar-refractivity contribution < 1.29 is 0 Å². The summed E-state index contributed by atoms with van der Waals surface area (Å²) >= 11 is 0. The van der Waals surface area contributed by atoms with E-state index in [-0.39, 0.29) is 0 Å². The number of hydrogen-bond donors (Lipinski definition) is 0. The number of nitrogens with zero attached hydrogens (tertiary/aromatic N) is 1. The number of hydrogen-bond acceptors (Lipinski definition) is 1. The van der Waals surface area contributed by atoms with Gasteiger partial charge in [-0.1, -0.05) is 39.0 Å². The predicted octanol–water partition coefficient (Wildman–Crippen LogP) is 4.02. The molecule has 0 aromatic carbocycles. The molecular weight excluding hydrogens is 170 g/mol. The summed E-state index contributed by atoms with van der Waals surface area (Å²) < 4.78 is 0. The molecule has 0 aliphatic heterocycles. The Morgan fingerprint density at radius 3 is 2.93 bits per heavy atom. The summed E-state index contributed by atoms with van der Waals surface area (Å²) in [6.45, 7) is 6.22. The maximum absolute atomic E-state index is 4.42. The van der Waals surface area contributed by atoms with Crippen molar-refractivity contribution in [2.75, 3.05) is 0 Å². The molecule has 0 saturated heterocycles. The molecule has 1 atom stereocenters. The van der Waals surface area contributed by atoms with E-state index in [1.165, 1.54) is 17.7 Å². The van der Waals surface area contributed by atoms with Crippen LogP contribution in [0, 0.1) is 0 Å². The fraction of sp³-hybridized carbons (Fsp3) is 0.462. The number of pyridine rings is 1. The highest BCUT2D eigenvalue weighted by Gasteiger charge is 2.15. The smallest absolute Gasteiger partial charge is 0.0509 e. The molecule has 0 saturated carbocycles. The van der Waals surface area contributed by atoms with Crippen LogP contribution < -0.4 is 0 Å². The van der Waals surface area contributed by atoms with Gasteiger partial charge in [-0.25, -0.2) is 0 Å². The molecule has 1 nitrogen and oxygen atoms in total. The molecule has 1 heteroatoms. The number of fused-ring (bicyclic) bond motifs is 1. The fourth-order valence-corrected chi connectivity index (χ4v) is 1.74. The molecule has 0 amide bonds. The molecule has 76 valence electrons. The topological polar surface area (TPSA) is 12.9 Å². The Bertz CT molecular complexity index is 302. The Hall–Kier alpha value is -1.11. The maximum Gasteiger partial charge on any atom is 0.0509 e. The van der Waals surface area contributed by atoms with Gasteiger partial charge in [0.15, 0.2) is 0 Å². The number of rotatable bonds is 1. The van der Waals surface area contributed by atoms with Crippen molar-refractivity contribution in [1.29, 1.82) is 0 Å². The zero-order valence-corrected chi connectivity index (χ0v) is 9.33. The summed E-state index contributed by atoms with van der Waals surface area (Å²) in [6, 6.07) is 4.14. The first-order valence-electron chi connectivity index (χ1n) is 5.53. The molecule has 0 bridgehead atoms. The van der Waals surface area contributed by atoms with Crippen LogP contribution >= 0.6 is 0 Å². The van der Waals surface area contributed by atoms with Gasteiger partial charge in [0, 0.05) is 12.1 Å². The third-order valence-corrected chi connectivity index (χ3v) is 2.47. The quantitative estimate of drug-likeness (QED) is 0.650. The first-order chi connectivity index (χ1) is 6.92. The van der Waals surface area contributed by atoms with E-state index < -0.39 is 0 Å². The molecule has 1 aromatic rings. The van der Waals surface area contributed by atoms with Crippen LogP contribution in [0.5, 0.6) is 0 Å². The van der Waals surface area contributed by atoms with Crippen molar-refractivity contribution >= 4 is 6.08 Å². The standard InChI is InChI=1S/C11H13N.C2H6/c1-2-9-5-3-6-10-7-4-8-12-11(9)10;1-2/h3-4,6-9H,2,5H2,1H3;1-2H3. The lowest BCUT2D eigenvalue weighted by atomic mass is 9.90. The van der Waals surface area contributed by atoms with Crippen LogP contribution in [-0.4, -0.2) is 4.98 Å². The third kappa shape index (κ3) is 2.22. The molecule has 0 N–H and O–H groups in total. The molecular formula is C13H19N. The van der Waals surface area contributed by atoms with Crippen LogP contribution in [0.3, 0.4) is 0 Å². The average Bonchev–Trinajstić information content (AvgIpc) is 2.31. The third-order valence-electron chi connectivity index (χ3n) is 2.47. The normalized spacial score (nSPS) is 18.1. The Morgan fingerprint density at radius 1 is 1.43 bits per heavy atom.